The molecule has 2 aromatic heterocycles. The topological polar surface area (TPSA) is 55.6 Å². The third kappa shape index (κ3) is 5.95. The van der Waals surface area contributed by atoms with Crippen molar-refractivity contribution in [2.45, 2.75) is 50.9 Å². The van der Waals surface area contributed by atoms with Gasteiger partial charge in [-0.1, -0.05) is 92.2 Å². The van der Waals surface area contributed by atoms with Gasteiger partial charge in [0, 0.05) is 28.1 Å². The zero-order chi connectivity index (χ0) is 26.0. The Morgan fingerprint density at radius 2 is 1.49 bits per heavy atom. The van der Waals surface area contributed by atoms with E-state index >= 15 is 0 Å². The summed E-state index contributed by atoms with van der Waals surface area (Å²) < 4.78 is 2.15. The van der Waals surface area contributed by atoms with E-state index in [1.54, 1.807) is 23.1 Å². The first-order valence-corrected chi connectivity index (χ1v) is 14.2. The second-order valence-corrected chi connectivity index (χ2v) is 12.0. The quantitative estimate of drug-likeness (QED) is 0.216. The van der Waals surface area contributed by atoms with Gasteiger partial charge in [0.2, 0.25) is 0 Å². The molecule has 37 heavy (non-hydrogen) atoms. The fourth-order valence-corrected chi connectivity index (χ4v) is 5.61. The number of hydrogen-bond acceptors (Lipinski definition) is 6. The fraction of sp³-hybridized carbons (Fsp3) is 0.233. The molecule has 0 aliphatic rings. The molecule has 7 heteroatoms. The van der Waals surface area contributed by atoms with Gasteiger partial charge in [-0.15, -0.1) is 21.5 Å². The highest BCUT2D eigenvalue weighted by Gasteiger charge is 2.19. The van der Waals surface area contributed by atoms with E-state index in [0.717, 1.165) is 38.7 Å². The van der Waals surface area contributed by atoms with E-state index in [1.165, 1.54) is 16.7 Å². The van der Waals surface area contributed by atoms with E-state index in [2.05, 4.69) is 133 Å². The number of aryl methyl sites for hydroxylation is 2. The number of aromatic nitrogens is 4. The Bertz CT molecular complexity index is 1480. The molecule has 0 aliphatic carbocycles. The molecule has 3 aromatic carbocycles. The van der Waals surface area contributed by atoms with Crippen LogP contribution >= 0.6 is 23.1 Å². The second kappa shape index (κ2) is 10.5. The number of rotatable bonds is 7. The number of thiazole rings is 1. The van der Waals surface area contributed by atoms with Gasteiger partial charge in [-0.05, 0) is 49.1 Å². The Hall–Kier alpha value is -3.42. The minimum Gasteiger partial charge on any atom is -0.332 e. The van der Waals surface area contributed by atoms with Crippen LogP contribution in [0.25, 0.3) is 17.1 Å². The Labute approximate surface area is 227 Å². The average Bonchev–Trinajstić information content (AvgIpc) is 3.51. The zero-order valence-electron chi connectivity index (χ0n) is 21.8. The summed E-state index contributed by atoms with van der Waals surface area (Å²) in [6.45, 7) is 10.9. The summed E-state index contributed by atoms with van der Waals surface area (Å²) in [6, 6.07) is 25.5. The van der Waals surface area contributed by atoms with Gasteiger partial charge < -0.3 is 5.32 Å². The number of nitrogens with zero attached hydrogens (tertiary/aromatic N) is 4. The van der Waals surface area contributed by atoms with Gasteiger partial charge >= 0.3 is 0 Å². The van der Waals surface area contributed by atoms with Crippen molar-refractivity contribution < 1.29 is 0 Å². The molecule has 5 aromatic rings. The van der Waals surface area contributed by atoms with Crippen LogP contribution < -0.4 is 5.32 Å². The lowest BCUT2D eigenvalue weighted by Crippen LogP contribution is -2.10. The predicted molar refractivity (Wildman–Crippen MR) is 156 cm³/mol. The fourth-order valence-electron chi connectivity index (χ4n) is 3.93. The molecule has 2 heterocycles. The van der Waals surface area contributed by atoms with Crippen molar-refractivity contribution in [2.24, 2.45) is 0 Å². The maximum atomic E-state index is 4.78. The van der Waals surface area contributed by atoms with Crippen molar-refractivity contribution in [3.05, 3.63) is 101 Å². The lowest BCUT2D eigenvalue weighted by Gasteiger charge is -2.19. The SMILES string of the molecule is Cc1ccc(Nc2nc(CSc3nnc(-c4ccc(C(C)(C)C)cc4)n3-c3ccc(C)cc3)cs2)cc1. The Kier molecular flexibility index (Phi) is 7.17. The molecular weight excluding hydrogens is 494 g/mol. The molecule has 0 fully saturated rings. The Morgan fingerprint density at radius 1 is 0.838 bits per heavy atom. The molecule has 0 saturated heterocycles. The Morgan fingerprint density at radius 3 is 2.14 bits per heavy atom. The van der Waals surface area contributed by atoms with E-state index < -0.39 is 0 Å². The van der Waals surface area contributed by atoms with E-state index in [0.29, 0.717) is 5.75 Å². The molecule has 0 unspecified atom stereocenters. The monoisotopic (exact) mass is 525 g/mol. The average molecular weight is 526 g/mol. The first-order chi connectivity index (χ1) is 17.8. The molecule has 0 bridgehead atoms. The number of anilines is 2. The second-order valence-electron chi connectivity index (χ2n) is 10.2. The van der Waals surface area contributed by atoms with Crippen LogP contribution in [0.1, 0.15) is 43.2 Å². The van der Waals surface area contributed by atoms with Gasteiger partial charge in [-0.3, -0.25) is 4.57 Å². The molecule has 5 nitrogen and oxygen atoms in total. The van der Waals surface area contributed by atoms with Crippen LogP contribution in [0.4, 0.5) is 10.8 Å². The van der Waals surface area contributed by atoms with Gasteiger partial charge in [-0.2, -0.15) is 0 Å². The summed E-state index contributed by atoms with van der Waals surface area (Å²) in [7, 11) is 0. The number of nitrogens with one attached hydrogen (secondary N) is 1. The summed E-state index contributed by atoms with van der Waals surface area (Å²) in [5, 5.41) is 16.4. The van der Waals surface area contributed by atoms with Crippen molar-refractivity contribution in [3.63, 3.8) is 0 Å². The van der Waals surface area contributed by atoms with E-state index in [1.807, 2.05) is 0 Å². The van der Waals surface area contributed by atoms with Crippen LogP contribution in [0.15, 0.2) is 83.3 Å². The molecule has 0 amide bonds. The first-order valence-electron chi connectivity index (χ1n) is 12.3. The molecule has 0 saturated carbocycles. The highest BCUT2D eigenvalue weighted by atomic mass is 32.2. The van der Waals surface area contributed by atoms with Crippen LogP contribution in [-0.4, -0.2) is 19.7 Å². The third-order valence-electron chi connectivity index (χ3n) is 6.14. The van der Waals surface area contributed by atoms with Gasteiger partial charge in [0.25, 0.3) is 0 Å². The van der Waals surface area contributed by atoms with Crippen LogP contribution in [0.3, 0.4) is 0 Å². The standard InChI is InChI=1S/C30H31N5S2/c1-20-6-14-24(15-7-20)31-28-32-25(18-36-28)19-37-29-34-33-27(35(29)26-16-8-21(2)9-17-26)22-10-12-23(13-11-22)30(3,4)5/h6-18H,19H2,1-5H3,(H,31,32). The summed E-state index contributed by atoms with van der Waals surface area (Å²) in [4.78, 5) is 4.78. The van der Waals surface area contributed by atoms with Crippen molar-refractivity contribution in [2.75, 3.05) is 5.32 Å². The summed E-state index contributed by atoms with van der Waals surface area (Å²) >= 11 is 3.26. The zero-order valence-corrected chi connectivity index (χ0v) is 23.5. The summed E-state index contributed by atoms with van der Waals surface area (Å²) in [6.07, 6.45) is 0. The number of benzene rings is 3. The van der Waals surface area contributed by atoms with Crippen molar-refractivity contribution in [1.82, 2.24) is 19.7 Å². The number of hydrogen-bond donors (Lipinski definition) is 1. The van der Waals surface area contributed by atoms with Gasteiger partial charge in [0.05, 0.1) is 5.69 Å². The Balaban J connectivity index is 1.39. The van der Waals surface area contributed by atoms with Crippen molar-refractivity contribution in [1.29, 1.82) is 0 Å². The van der Waals surface area contributed by atoms with Crippen molar-refractivity contribution >= 4 is 33.9 Å². The maximum Gasteiger partial charge on any atom is 0.196 e. The minimum absolute atomic E-state index is 0.102. The highest BCUT2D eigenvalue weighted by molar-refractivity contribution is 7.98. The molecule has 188 valence electrons. The molecule has 0 aliphatic heterocycles. The van der Waals surface area contributed by atoms with Crippen LogP contribution in [0, 0.1) is 13.8 Å². The van der Waals surface area contributed by atoms with E-state index in [9.17, 15) is 0 Å². The molecular formula is C30H31N5S2. The third-order valence-corrected chi connectivity index (χ3v) is 7.91. The molecule has 5 rings (SSSR count). The van der Waals surface area contributed by atoms with Gasteiger partial charge in [0.1, 0.15) is 0 Å². The highest BCUT2D eigenvalue weighted by Crippen LogP contribution is 2.32. The van der Waals surface area contributed by atoms with E-state index in [4.69, 9.17) is 4.98 Å². The predicted octanol–water partition coefficient (Wildman–Crippen LogP) is 8.34. The van der Waals surface area contributed by atoms with Crippen LogP contribution in [-0.2, 0) is 11.2 Å². The van der Waals surface area contributed by atoms with Gasteiger partial charge in [0.15, 0.2) is 16.1 Å². The largest absolute Gasteiger partial charge is 0.332 e. The lowest BCUT2D eigenvalue weighted by molar-refractivity contribution is 0.590. The maximum absolute atomic E-state index is 4.78. The molecule has 1 N–H and O–H groups in total. The summed E-state index contributed by atoms with van der Waals surface area (Å²) in [5.41, 5.74) is 8.01. The first kappa shape index (κ1) is 25.2. The minimum atomic E-state index is 0.102. The molecule has 0 spiro atoms. The van der Waals surface area contributed by atoms with E-state index in [-0.39, 0.29) is 5.41 Å². The van der Waals surface area contributed by atoms with Crippen LogP contribution in [0.5, 0.6) is 0 Å². The number of thioether (sulfide) groups is 1. The molecule has 0 radical (unpaired) electrons. The van der Waals surface area contributed by atoms with Crippen molar-refractivity contribution in [3.8, 4) is 17.1 Å². The lowest BCUT2D eigenvalue weighted by atomic mass is 9.87. The normalized spacial score (nSPS) is 11.6. The van der Waals surface area contributed by atoms with Crippen LogP contribution in [0.2, 0.25) is 0 Å². The molecule has 0 atom stereocenters. The smallest absolute Gasteiger partial charge is 0.196 e. The van der Waals surface area contributed by atoms with Gasteiger partial charge in [-0.25, -0.2) is 4.98 Å². The summed E-state index contributed by atoms with van der Waals surface area (Å²) in [5.74, 6) is 1.55.